The van der Waals surface area contributed by atoms with E-state index in [0.717, 1.165) is 0 Å². The first kappa shape index (κ1) is 19.5. The molecule has 26 heavy (non-hydrogen) atoms. The van der Waals surface area contributed by atoms with Crippen LogP contribution in [-0.2, 0) is 16.1 Å². The third-order valence-electron chi connectivity index (χ3n) is 3.46. The van der Waals surface area contributed by atoms with Crippen molar-refractivity contribution in [2.45, 2.75) is 19.0 Å². The van der Waals surface area contributed by atoms with Crippen LogP contribution in [0.1, 0.15) is 16.8 Å². The first-order chi connectivity index (χ1) is 12.5. The van der Waals surface area contributed by atoms with Crippen LogP contribution >= 0.6 is 11.8 Å². The summed E-state index contributed by atoms with van der Waals surface area (Å²) in [5.41, 5.74) is 0.472. The summed E-state index contributed by atoms with van der Waals surface area (Å²) in [5.74, 6) is -0.828. The number of thioether (sulfide) groups is 1. The second-order valence-corrected chi connectivity index (χ2v) is 6.44. The Morgan fingerprint density at radius 3 is 2.62 bits per heavy atom. The second kappa shape index (κ2) is 9.62. The lowest BCUT2D eigenvalue weighted by Gasteiger charge is -2.17. The molecule has 0 aliphatic heterocycles. The van der Waals surface area contributed by atoms with Crippen LogP contribution in [0.3, 0.4) is 0 Å². The number of anilines is 1. The normalized spacial score (nSPS) is 11.6. The average Bonchev–Trinajstić information content (AvgIpc) is 3.05. The van der Waals surface area contributed by atoms with Crippen LogP contribution < -0.4 is 10.6 Å². The Balaban J connectivity index is 2.02. The molecule has 1 aromatic carbocycles. The highest BCUT2D eigenvalue weighted by Crippen LogP contribution is 2.08. The van der Waals surface area contributed by atoms with E-state index in [2.05, 4.69) is 15.7 Å². The lowest BCUT2D eigenvalue weighted by atomic mass is 10.1. The summed E-state index contributed by atoms with van der Waals surface area (Å²) in [6, 6.07) is 9.44. The first-order valence-electron chi connectivity index (χ1n) is 7.90. The minimum absolute atomic E-state index is 0.236. The van der Waals surface area contributed by atoms with Crippen LogP contribution in [0.25, 0.3) is 0 Å². The number of carbonyl (C=O) groups excluding carboxylic acids is 2. The number of nitrogens with one attached hydrogen (secondary N) is 2. The number of aliphatic carboxylic acids is 1. The number of amides is 2. The Labute approximate surface area is 155 Å². The minimum Gasteiger partial charge on any atom is -0.480 e. The van der Waals surface area contributed by atoms with Crippen molar-refractivity contribution in [3.63, 3.8) is 0 Å². The topological polar surface area (TPSA) is 113 Å². The molecule has 8 nitrogen and oxygen atoms in total. The molecule has 2 aromatic rings. The van der Waals surface area contributed by atoms with Crippen molar-refractivity contribution in [1.29, 1.82) is 0 Å². The Kier molecular flexibility index (Phi) is 7.22. The highest BCUT2D eigenvalue weighted by molar-refractivity contribution is 7.98. The molecule has 9 heteroatoms. The number of aromatic nitrogens is 2. The number of rotatable bonds is 9. The third-order valence-corrected chi connectivity index (χ3v) is 4.10. The van der Waals surface area contributed by atoms with Gasteiger partial charge in [-0.05, 0) is 30.6 Å². The minimum atomic E-state index is -1.03. The fraction of sp³-hybridized carbons (Fsp3) is 0.294. The zero-order chi connectivity index (χ0) is 18.9. The molecule has 0 radical (unpaired) electrons. The summed E-state index contributed by atoms with van der Waals surface area (Å²) >= 11 is 1.57. The molecular weight excluding hydrogens is 356 g/mol. The predicted octanol–water partition coefficient (Wildman–Crippen LogP) is 1.46. The quantitative estimate of drug-likeness (QED) is 0.611. The molecule has 0 fully saturated rings. The molecule has 138 valence electrons. The molecule has 2 amide bonds. The lowest BCUT2D eigenvalue weighted by molar-refractivity contribution is -0.137. The summed E-state index contributed by atoms with van der Waals surface area (Å²) < 4.78 is 1.21. The maximum Gasteiger partial charge on any atom is 0.325 e. The molecule has 0 spiro atoms. The van der Waals surface area contributed by atoms with Gasteiger partial charge < -0.3 is 15.7 Å². The fourth-order valence-corrected chi connectivity index (χ4v) is 2.68. The highest BCUT2D eigenvalue weighted by atomic mass is 32.2. The van der Waals surface area contributed by atoms with Crippen LogP contribution in [0, 0.1) is 0 Å². The Hall–Kier alpha value is -2.81. The van der Waals surface area contributed by atoms with E-state index in [-0.39, 0.29) is 18.3 Å². The Bertz CT molecular complexity index is 763. The van der Waals surface area contributed by atoms with Gasteiger partial charge in [0.15, 0.2) is 5.82 Å². The van der Waals surface area contributed by atoms with Gasteiger partial charge in [0.05, 0.1) is 0 Å². The molecule has 1 heterocycles. The number of nitrogens with zero attached hydrogens (tertiary/aromatic N) is 2. The first-order valence-corrected chi connectivity index (χ1v) is 9.30. The number of carbonyl (C=O) groups is 3. The molecule has 0 saturated carbocycles. The SMILES string of the molecule is CSCCC(NC(=O)c1ccccc1)C(=O)Nc1ccn(CC(=O)O)n1. The van der Waals surface area contributed by atoms with E-state index in [1.54, 1.807) is 36.0 Å². The van der Waals surface area contributed by atoms with Gasteiger partial charge in [-0.25, -0.2) is 0 Å². The van der Waals surface area contributed by atoms with Gasteiger partial charge >= 0.3 is 5.97 Å². The average molecular weight is 376 g/mol. The van der Waals surface area contributed by atoms with Crippen molar-refractivity contribution in [3.05, 3.63) is 48.2 Å². The zero-order valence-electron chi connectivity index (χ0n) is 14.2. The number of hydrogen-bond acceptors (Lipinski definition) is 5. The molecule has 1 unspecified atom stereocenters. The zero-order valence-corrected chi connectivity index (χ0v) is 15.0. The van der Waals surface area contributed by atoms with E-state index in [9.17, 15) is 14.4 Å². The summed E-state index contributed by atoms with van der Waals surface area (Å²) in [7, 11) is 0. The lowest BCUT2D eigenvalue weighted by Crippen LogP contribution is -2.44. The van der Waals surface area contributed by atoms with Crippen molar-refractivity contribution >= 4 is 35.4 Å². The van der Waals surface area contributed by atoms with Gasteiger partial charge in [-0.2, -0.15) is 16.9 Å². The summed E-state index contributed by atoms with van der Waals surface area (Å²) in [4.78, 5) is 35.5. The summed E-state index contributed by atoms with van der Waals surface area (Å²) in [5, 5.41) is 18.1. The molecule has 0 bridgehead atoms. The standard InChI is InChI=1S/C17H20N4O4S/c1-26-10-8-13(18-16(24)12-5-3-2-4-6-12)17(25)19-14-7-9-21(20-14)11-15(22)23/h2-7,9,13H,8,10-11H2,1H3,(H,18,24)(H,22,23)(H,19,20,25). The van der Waals surface area contributed by atoms with Crippen LogP contribution in [0.4, 0.5) is 5.82 Å². The van der Waals surface area contributed by atoms with Crippen molar-refractivity contribution in [1.82, 2.24) is 15.1 Å². The molecule has 0 aliphatic carbocycles. The van der Waals surface area contributed by atoms with E-state index in [1.807, 2.05) is 12.3 Å². The fourth-order valence-electron chi connectivity index (χ4n) is 2.20. The summed E-state index contributed by atoms with van der Waals surface area (Å²) in [6.45, 7) is -0.295. The summed E-state index contributed by atoms with van der Waals surface area (Å²) in [6.07, 6.45) is 3.84. The van der Waals surface area contributed by atoms with Gasteiger partial charge in [-0.1, -0.05) is 18.2 Å². The van der Waals surface area contributed by atoms with Gasteiger partial charge in [-0.15, -0.1) is 0 Å². The van der Waals surface area contributed by atoms with Gasteiger partial charge in [0.2, 0.25) is 5.91 Å². The predicted molar refractivity (Wildman–Crippen MR) is 99.2 cm³/mol. The maximum atomic E-state index is 12.5. The number of hydrogen-bond donors (Lipinski definition) is 3. The number of carboxylic acids is 1. The van der Waals surface area contributed by atoms with E-state index < -0.39 is 17.9 Å². The molecule has 2 rings (SSSR count). The van der Waals surface area contributed by atoms with E-state index in [4.69, 9.17) is 5.11 Å². The molecular formula is C17H20N4O4S. The smallest absolute Gasteiger partial charge is 0.325 e. The van der Waals surface area contributed by atoms with Gasteiger partial charge in [-0.3, -0.25) is 19.1 Å². The maximum absolute atomic E-state index is 12.5. The van der Waals surface area contributed by atoms with Crippen LogP contribution in [0.5, 0.6) is 0 Å². The molecule has 0 saturated heterocycles. The number of carboxylic acid groups (broad SMARTS) is 1. The molecule has 1 atom stereocenters. The van der Waals surface area contributed by atoms with Crippen molar-refractivity contribution in [2.75, 3.05) is 17.3 Å². The van der Waals surface area contributed by atoms with Gasteiger partial charge in [0.25, 0.3) is 5.91 Å². The monoisotopic (exact) mass is 376 g/mol. The van der Waals surface area contributed by atoms with Crippen molar-refractivity contribution in [3.8, 4) is 0 Å². The van der Waals surface area contributed by atoms with E-state index in [1.165, 1.54) is 16.9 Å². The van der Waals surface area contributed by atoms with Crippen LogP contribution in [-0.4, -0.2) is 50.7 Å². The third kappa shape index (κ3) is 5.92. The van der Waals surface area contributed by atoms with E-state index in [0.29, 0.717) is 17.7 Å². The van der Waals surface area contributed by atoms with Crippen molar-refractivity contribution in [2.24, 2.45) is 0 Å². The molecule has 1 aromatic heterocycles. The second-order valence-electron chi connectivity index (χ2n) is 5.46. The van der Waals surface area contributed by atoms with Crippen molar-refractivity contribution < 1.29 is 19.5 Å². The van der Waals surface area contributed by atoms with Crippen LogP contribution in [0.2, 0.25) is 0 Å². The molecule has 0 aliphatic rings. The van der Waals surface area contributed by atoms with Crippen LogP contribution in [0.15, 0.2) is 42.6 Å². The van der Waals surface area contributed by atoms with E-state index >= 15 is 0 Å². The Morgan fingerprint density at radius 1 is 1.23 bits per heavy atom. The number of benzene rings is 1. The Morgan fingerprint density at radius 2 is 1.96 bits per heavy atom. The largest absolute Gasteiger partial charge is 0.480 e. The van der Waals surface area contributed by atoms with Gasteiger partial charge in [0.1, 0.15) is 12.6 Å². The highest BCUT2D eigenvalue weighted by Gasteiger charge is 2.22. The molecule has 3 N–H and O–H groups in total. The van der Waals surface area contributed by atoms with Gasteiger partial charge in [0, 0.05) is 17.8 Å².